The van der Waals surface area contributed by atoms with Crippen molar-refractivity contribution >= 4 is 34.2 Å². The van der Waals surface area contributed by atoms with E-state index in [9.17, 15) is 14.4 Å². The predicted molar refractivity (Wildman–Crippen MR) is 123 cm³/mol. The van der Waals surface area contributed by atoms with Gasteiger partial charge in [0.05, 0.1) is 7.11 Å². The fourth-order valence-electron chi connectivity index (χ4n) is 3.52. The molecular weight excluding hydrogens is 422 g/mol. The van der Waals surface area contributed by atoms with Gasteiger partial charge in [-0.15, -0.1) is 0 Å². The fraction of sp³-hybridized carbons (Fsp3) is 0.167. The lowest BCUT2D eigenvalue weighted by atomic mass is 10.1. The summed E-state index contributed by atoms with van der Waals surface area (Å²) in [6, 6.07) is 12.1. The van der Waals surface area contributed by atoms with Gasteiger partial charge in [0, 0.05) is 54.3 Å². The van der Waals surface area contributed by atoms with Crippen LogP contribution in [0.25, 0.3) is 10.9 Å². The van der Waals surface area contributed by atoms with Crippen LogP contribution < -0.4 is 15.4 Å². The van der Waals surface area contributed by atoms with Gasteiger partial charge >= 0.3 is 11.8 Å². The lowest BCUT2D eigenvalue weighted by molar-refractivity contribution is -0.136. The zero-order valence-electron chi connectivity index (χ0n) is 18.2. The number of imidazole rings is 1. The van der Waals surface area contributed by atoms with Gasteiger partial charge in [0.15, 0.2) is 5.82 Å². The molecule has 0 saturated heterocycles. The van der Waals surface area contributed by atoms with Gasteiger partial charge in [-0.3, -0.25) is 14.4 Å². The van der Waals surface area contributed by atoms with E-state index in [1.807, 2.05) is 24.4 Å². The first kappa shape index (κ1) is 21.8. The number of benzene rings is 2. The molecule has 4 rings (SSSR count). The molecule has 2 aromatic heterocycles. The number of fused-ring (bicyclic) bond motifs is 1. The number of nitrogens with one attached hydrogen (secondary N) is 3. The Balaban J connectivity index is 1.34. The number of aromatic amines is 1. The summed E-state index contributed by atoms with van der Waals surface area (Å²) < 4.78 is 6.88. The van der Waals surface area contributed by atoms with Crippen LogP contribution in [0.15, 0.2) is 61.1 Å². The molecular formula is C24H23N5O4. The topological polar surface area (TPSA) is 118 Å². The van der Waals surface area contributed by atoms with Crippen molar-refractivity contribution in [2.24, 2.45) is 7.05 Å². The first-order chi connectivity index (χ1) is 16.0. The smallest absolute Gasteiger partial charge is 0.313 e. The van der Waals surface area contributed by atoms with E-state index in [4.69, 9.17) is 4.74 Å². The largest absolute Gasteiger partial charge is 0.497 e. The molecule has 33 heavy (non-hydrogen) atoms. The number of hydrogen-bond acceptors (Lipinski definition) is 5. The second-order valence-electron chi connectivity index (χ2n) is 7.46. The van der Waals surface area contributed by atoms with Crippen molar-refractivity contribution in [2.75, 3.05) is 19.0 Å². The number of ether oxygens (including phenoxy) is 1. The standard InChI is InChI=1S/C24H23N5O4/c1-29-11-10-25-22(29)21(30)15-4-3-5-17(12-15)28-24(32)23(31)26-9-8-16-14-27-20-7-6-18(33-2)13-19(16)20/h3-7,10-14,27H,8-9H2,1-2H3,(H,26,31)(H,28,32). The molecule has 4 aromatic rings. The number of aromatic nitrogens is 3. The molecule has 0 spiro atoms. The average molecular weight is 445 g/mol. The molecule has 0 bridgehead atoms. The van der Waals surface area contributed by atoms with Crippen LogP contribution in [0.4, 0.5) is 5.69 Å². The van der Waals surface area contributed by atoms with Crippen LogP contribution in [0.5, 0.6) is 5.75 Å². The SMILES string of the molecule is COc1ccc2[nH]cc(CCNC(=O)C(=O)Nc3cccc(C(=O)c4nccn4C)c3)c2c1. The number of amides is 2. The van der Waals surface area contributed by atoms with E-state index < -0.39 is 11.8 Å². The number of ketones is 1. The Bertz CT molecular complexity index is 1340. The normalized spacial score (nSPS) is 10.7. The van der Waals surface area contributed by atoms with E-state index >= 15 is 0 Å². The first-order valence-corrected chi connectivity index (χ1v) is 10.3. The second-order valence-corrected chi connectivity index (χ2v) is 7.46. The zero-order chi connectivity index (χ0) is 23.4. The molecule has 0 radical (unpaired) electrons. The van der Waals surface area contributed by atoms with Gasteiger partial charge in [0.2, 0.25) is 5.78 Å². The van der Waals surface area contributed by atoms with E-state index in [2.05, 4.69) is 20.6 Å². The van der Waals surface area contributed by atoms with Crippen LogP contribution in [0.2, 0.25) is 0 Å². The molecule has 2 amide bonds. The number of carbonyl (C=O) groups excluding carboxylic acids is 3. The highest BCUT2D eigenvalue weighted by Gasteiger charge is 2.17. The molecule has 0 unspecified atom stereocenters. The number of carbonyl (C=O) groups is 3. The van der Waals surface area contributed by atoms with Crippen molar-refractivity contribution in [2.45, 2.75) is 6.42 Å². The third-order valence-electron chi connectivity index (χ3n) is 5.27. The molecule has 9 nitrogen and oxygen atoms in total. The Hall–Kier alpha value is -4.40. The lowest BCUT2D eigenvalue weighted by Crippen LogP contribution is -2.36. The monoisotopic (exact) mass is 445 g/mol. The number of hydrogen-bond donors (Lipinski definition) is 3. The van der Waals surface area contributed by atoms with Crippen molar-refractivity contribution in [3.63, 3.8) is 0 Å². The Morgan fingerprint density at radius 1 is 1.12 bits per heavy atom. The lowest BCUT2D eigenvalue weighted by Gasteiger charge is -2.08. The van der Waals surface area contributed by atoms with Crippen LogP contribution >= 0.6 is 0 Å². The van der Waals surface area contributed by atoms with E-state index in [0.29, 0.717) is 17.7 Å². The fourth-order valence-corrected chi connectivity index (χ4v) is 3.52. The number of methoxy groups -OCH3 is 1. The van der Waals surface area contributed by atoms with E-state index in [1.165, 1.54) is 12.3 Å². The first-order valence-electron chi connectivity index (χ1n) is 10.3. The Labute approximate surface area is 189 Å². The summed E-state index contributed by atoms with van der Waals surface area (Å²) in [7, 11) is 3.33. The minimum atomic E-state index is -0.808. The molecule has 0 saturated carbocycles. The summed E-state index contributed by atoms with van der Waals surface area (Å²) in [4.78, 5) is 44.4. The number of aryl methyl sites for hydroxylation is 1. The van der Waals surface area contributed by atoms with Crippen LogP contribution in [0.1, 0.15) is 21.7 Å². The van der Waals surface area contributed by atoms with Crippen molar-refractivity contribution in [1.29, 1.82) is 0 Å². The van der Waals surface area contributed by atoms with Crippen LogP contribution in [0, 0.1) is 0 Å². The van der Waals surface area contributed by atoms with Gasteiger partial charge in [-0.2, -0.15) is 0 Å². The molecule has 0 atom stereocenters. The summed E-state index contributed by atoms with van der Waals surface area (Å²) in [5.74, 6) is -0.814. The third kappa shape index (κ3) is 4.77. The maximum absolute atomic E-state index is 12.6. The van der Waals surface area contributed by atoms with E-state index in [0.717, 1.165) is 22.2 Å². The molecule has 2 aromatic carbocycles. The maximum atomic E-state index is 12.6. The summed E-state index contributed by atoms with van der Waals surface area (Å²) in [6.07, 6.45) is 5.63. The molecule has 0 aliphatic carbocycles. The summed E-state index contributed by atoms with van der Waals surface area (Å²) in [5, 5.41) is 6.16. The van der Waals surface area contributed by atoms with Crippen LogP contribution in [-0.2, 0) is 23.1 Å². The number of H-pyrrole nitrogens is 1. The Morgan fingerprint density at radius 3 is 2.73 bits per heavy atom. The molecule has 0 aliphatic heterocycles. The highest BCUT2D eigenvalue weighted by atomic mass is 16.5. The van der Waals surface area contributed by atoms with Gasteiger partial charge < -0.3 is 24.9 Å². The quantitative estimate of drug-likeness (QED) is 0.298. The average Bonchev–Trinajstić information content (AvgIpc) is 3.44. The minimum Gasteiger partial charge on any atom is -0.497 e. The van der Waals surface area contributed by atoms with Gasteiger partial charge in [0.1, 0.15) is 5.75 Å². The predicted octanol–water partition coefficient (Wildman–Crippen LogP) is 2.44. The van der Waals surface area contributed by atoms with Gasteiger partial charge in [0.25, 0.3) is 0 Å². The summed E-state index contributed by atoms with van der Waals surface area (Å²) in [5.41, 5.74) is 2.68. The number of nitrogens with zero attached hydrogens (tertiary/aromatic N) is 2. The van der Waals surface area contributed by atoms with Crippen molar-refractivity contribution in [3.05, 3.63) is 78.0 Å². The van der Waals surface area contributed by atoms with Gasteiger partial charge in [-0.05, 0) is 42.3 Å². The number of rotatable bonds is 7. The van der Waals surface area contributed by atoms with Crippen molar-refractivity contribution in [1.82, 2.24) is 19.9 Å². The highest BCUT2D eigenvalue weighted by molar-refractivity contribution is 6.39. The molecule has 168 valence electrons. The summed E-state index contributed by atoms with van der Waals surface area (Å²) in [6.45, 7) is 0.286. The zero-order valence-corrected chi connectivity index (χ0v) is 18.2. The number of anilines is 1. The van der Waals surface area contributed by atoms with Crippen LogP contribution in [0.3, 0.4) is 0 Å². The van der Waals surface area contributed by atoms with E-state index in [-0.39, 0.29) is 18.2 Å². The third-order valence-corrected chi connectivity index (χ3v) is 5.27. The van der Waals surface area contributed by atoms with Crippen molar-refractivity contribution in [3.8, 4) is 5.75 Å². The van der Waals surface area contributed by atoms with Gasteiger partial charge in [-0.25, -0.2) is 4.98 Å². The Kier molecular flexibility index (Phi) is 6.21. The van der Waals surface area contributed by atoms with Gasteiger partial charge in [-0.1, -0.05) is 12.1 Å². The highest BCUT2D eigenvalue weighted by Crippen LogP contribution is 2.23. The molecule has 2 heterocycles. The molecule has 3 N–H and O–H groups in total. The summed E-state index contributed by atoms with van der Waals surface area (Å²) >= 11 is 0. The second kappa shape index (κ2) is 9.39. The molecule has 0 fully saturated rings. The molecule has 0 aliphatic rings. The van der Waals surface area contributed by atoms with Crippen molar-refractivity contribution < 1.29 is 19.1 Å². The maximum Gasteiger partial charge on any atom is 0.313 e. The Morgan fingerprint density at radius 2 is 1.97 bits per heavy atom. The molecule has 9 heteroatoms. The van der Waals surface area contributed by atoms with E-state index in [1.54, 1.807) is 43.1 Å². The minimum absolute atomic E-state index is 0.279. The van der Waals surface area contributed by atoms with Crippen LogP contribution in [-0.4, -0.2) is 45.8 Å².